The molecule has 94 valence electrons. The van der Waals surface area contributed by atoms with Crippen LogP contribution in [0, 0.1) is 5.92 Å². The van der Waals surface area contributed by atoms with Crippen molar-refractivity contribution in [1.82, 2.24) is 4.98 Å². The quantitative estimate of drug-likeness (QED) is 0.915. The van der Waals surface area contributed by atoms with Crippen LogP contribution in [0.25, 0.3) is 0 Å². The largest absolute Gasteiger partial charge is 0.481 e. The first kappa shape index (κ1) is 13.1. The summed E-state index contributed by atoms with van der Waals surface area (Å²) in [5.41, 5.74) is 0.864. The summed E-state index contributed by atoms with van der Waals surface area (Å²) in [6.07, 6.45) is 2.56. The predicted molar refractivity (Wildman–Crippen MR) is 72.1 cm³/mol. The summed E-state index contributed by atoms with van der Waals surface area (Å²) >= 11 is 7.52. The zero-order chi connectivity index (χ0) is 13.0. The lowest BCUT2D eigenvalue weighted by molar-refractivity contribution is -0.141. The van der Waals surface area contributed by atoms with E-state index in [2.05, 4.69) is 4.98 Å². The maximum absolute atomic E-state index is 11.3. The Kier molecular flexibility index (Phi) is 4.33. The number of hydrogen-bond acceptors (Lipinski definition) is 3. The molecule has 1 unspecified atom stereocenters. The highest BCUT2D eigenvalue weighted by Gasteiger charge is 2.20. The molecule has 3 nitrogen and oxygen atoms in total. The fraction of sp³-hybridized carbons (Fsp3) is 0.231. The van der Waals surface area contributed by atoms with Gasteiger partial charge in [0.1, 0.15) is 0 Å². The number of carboxylic acids is 1. The van der Waals surface area contributed by atoms with E-state index in [1.807, 2.05) is 23.6 Å². The third kappa shape index (κ3) is 3.31. The number of nitrogens with zero attached hydrogens (tertiary/aromatic N) is 1. The molecule has 0 aliphatic rings. The highest BCUT2D eigenvalue weighted by Crippen LogP contribution is 2.22. The first-order valence-electron chi connectivity index (χ1n) is 5.51. The van der Waals surface area contributed by atoms with Gasteiger partial charge in [-0.1, -0.05) is 29.8 Å². The maximum Gasteiger partial charge on any atom is 0.307 e. The van der Waals surface area contributed by atoms with Crippen LogP contribution in [-0.4, -0.2) is 16.1 Å². The molecule has 0 aliphatic carbocycles. The smallest absolute Gasteiger partial charge is 0.307 e. The summed E-state index contributed by atoms with van der Waals surface area (Å²) in [5.74, 6) is -1.30. The number of rotatable bonds is 5. The molecule has 1 aromatic heterocycles. The molecule has 18 heavy (non-hydrogen) atoms. The molecule has 0 amide bonds. The van der Waals surface area contributed by atoms with E-state index in [0.717, 1.165) is 10.6 Å². The van der Waals surface area contributed by atoms with E-state index in [-0.39, 0.29) is 0 Å². The van der Waals surface area contributed by atoms with Gasteiger partial charge in [-0.15, -0.1) is 11.3 Å². The van der Waals surface area contributed by atoms with Gasteiger partial charge in [-0.2, -0.15) is 0 Å². The Morgan fingerprint density at radius 2 is 2.17 bits per heavy atom. The fourth-order valence-electron chi connectivity index (χ4n) is 1.74. The van der Waals surface area contributed by atoms with E-state index in [9.17, 15) is 9.90 Å². The molecule has 1 heterocycles. The van der Waals surface area contributed by atoms with Gasteiger partial charge in [0.15, 0.2) is 0 Å². The Labute approximate surface area is 114 Å². The molecule has 2 rings (SSSR count). The fourth-order valence-corrected chi connectivity index (χ4v) is 2.65. The lowest BCUT2D eigenvalue weighted by Gasteiger charge is -2.11. The number of aliphatic carboxylic acids is 1. The van der Waals surface area contributed by atoms with E-state index in [4.69, 9.17) is 11.6 Å². The minimum atomic E-state index is -0.815. The third-order valence-electron chi connectivity index (χ3n) is 2.68. The number of carbonyl (C=O) groups is 1. The molecule has 1 aromatic carbocycles. The second-order valence-electron chi connectivity index (χ2n) is 3.96. The molecule has 0 aliphatic heterocycles. The highest BCUT2D eigenvalue weighted by molar-refractivity contribution is 7.09. The van der Waals surface area contributed by atoms with Gasteiger partial charge in [-0.25, -0.2) is 4.98 Å². The van der Waals surface area contributed by atoms with Crippen LogP contribution in [0.5, 0.6) is 0 Å². The van der Waals surface area contributed by atoms with Crippen LogP contribution in [0.4, 0.5) is 0 Å². The molecule has 5 heteroatoms. The van der Waals surface area contributed by atoms with Crippen LogP contribution in [0.2, 0.25) is 5.02 Å². The minimum absolute atomic E-state index is 0.425. The molecule has 0 bridgehead atoms. The van der Waals surface area contributed by atoms with Gasteiger partial charge in [0.05, 0.1) is 10.9 Å². The van der Waals surface area contributed by atoms with Crippen LogP contribution >= 0.6 is 22.9 Å². The van der Waals surface area contributed by atoms with Gasteiger partial charge < -0.3 is 5.11 Å². The first-order valence-corrected chi connectivity index (χ1v) is 6.77. The zero-order valence-corrected chi connectivity index (χ0v) is 11.1. The Morgan fingerprint density at radius 3 is 2.78 bits per heavy atom. The van der Waals surface area contributed by atoms with Gasteiger partial charge in [0, 0.05) is 23.0 Å². The van der Waals surface area contributed by atoms with E-state index in [1.165, 1.54) is 11.3 Å². The zero-order valence-electron chi connectivity index (χ0n) is 9.54. The molecule has 0 saturated carbocycles. The Hall–Kier alpha value is -1.39. The molecule has 0 radical (unpaired) electrons. The summed E-state index contributed by atoms with van der Waals surface area (Å²) < 4.78 is 0. The lowest BCUT2D eigenvalue weighted by atomic mass is 9.96. The van der Waals surface area contributed by atoms with Crippen molar-refractivity contribution in [2.45, 2.75) is 12.8 Å². The van der Waals surface area contributed by atoms with Gasteiger partial charge >= 0.3 is 5.97 Å². The summed E-state index contributed by atoms with van der Waals surface area (Å²) in [6, 6.07) is 7.34. The van der Waals surface area contributed by atoms with Crippen LogP contribution < -0.4 is 0 Å². The van der Waals surface area contributed by atoms with Crippen molar-refractivity contribution in [1.29, 1.82) is 0 Å². The van der Waals surface area contributed by atoms with Crippen molar-refractivity contribution in [3.63, 3.8) is 0 Å². The van der Waals surface area contributed by atoms with Gasteiger partial charge in [0.25, 0.3) is 0 Å². The van der Waals surface area contributed by atoms with Crippen molar-refractivity contribution in [3.05, 3.63) is 51.4 Å². The van der Waals surface area contributed by atoms with E-state index >= 15 is 0 Å². The average Bonchev–Trinajstić information content (AvgIpc) is 2.83. The number of thiazole rings is 1. The van der Waals surface area contributed by atoms with Crippen LogP contribution in [0.3, 0.4) is 0 Å². The Bertz CT molecular complexity index is 528. The summed E-state index contributed by atoms with van der Waals surface area (Å²) in [6.45, 7) is 0. The van der Waals surface area contributed by atoms with E-state index in [1.54, 1.807) is 12.3 Å². The third-order valence-corrected chi connectivity index (χ3v) is 3.85. The number of aromatic nitrogens is 1. The molecule has 0 spiro atoms. The highest BCUT2D eigenvalue weighted by atomic mass is 35.5. The number of halogens is 1. The SMILES string of the molecule is O=C(O)C(Cc1nccs1)Cc1ccccc1Cl. The average molecular weight is 282 g/mol. The van der Waals surface area contributed by atoms with Gasteiger partial charge in [0.2, 0.25) is 0 Å². The molecule has 0 fully saturated rings. The number of carboxylic acid groups (broad SMARTS) is 1. The van der Waals surface area contributed by atoms with Crippen molar-refractivity contribution < 1.29 is 9.90 Å². The molecule has 1 N–H and O–H groups in total. The molecule has 2 aromatic rings. The second-order valence-corrected chi connectivity index (χ2v) is 5.35. The minimum Gasteiger partial charge on any atom is -0.481 e. The summed E-state index contributed by atoms with van der Waals surface area (Å²) in [5, 5.41) is 12.6. The number of hydrogen-bond donors (Lipinski definition) is 1. The molecular formula is C13H12ClNO2S. The Morgan fingerprint density at radius 1 is 1.39 bits per heavy atom. The normalized spacial score (nSPS) is 12.3. The van der Waals surface area contributed by atoms with Crippen molar-refractivity contribution in [3.8, 4) is 0 Å². The first-order chi connectivity index (χ1) is 8.66. The van der Waals surface area contributed by atoms with Crippen molar-refractivity contribution in [2.75, 3.05) is 0 Å². The van der Waals surface area contributed by atoms with Gasteiger partial charge in [-0.3, -0.25) is 4.79 Å². The van der Waals surface area contributed by atoms with Crippen molar-refractivity contribution in [2.24, 2.45) is 5.92 Å². The second kappa shape index (κ2) is 5.98. The predicted octanol–water partition coefficient (Wildman–Crippen LogP) is 3.28. The van der Waals surface area contributed by atoms with E-state index in [0.29, 0.717) is 17.9 Å². The molecular weight excluding hydrogens is 270 g/mol. The lowest BCUT2D eigenvalue weighted by Crippen LogP contribution is -2.19. The maximum atomic E-state index is 11.3. The summed E-state index contributed by atoms with van der Waals surface area (Å²) in [4.78, 5) is 15.4. The molecule has 1 atom stereocenters. The Balaban J connectivity index is 2.12. The van der Waals surface area contributed by atoms with Gasteiger partial charge in [-0.05, 0) is 18.1 Å². The number of benzene rings is 1. The molecule has 0 saturated heterocycles. The van der Waals surface area contributed by atoms with Crippen molar-refractivity contribution >= 4 is 28.9 Å². The summed E-state index contributed by atoms with van der Waals surface area (Å²) in [7, 11) is 0. The monoisotopic (exact) mass is 281 g/mol. The standard InChI is InChI=1S/C13H12ClNO2S/c14-11-4-2-1-3-9(11)7-10(13(16)17)8-12-15-5-6-18-12/h1-6,10H,7-8H2,(H,16,17). The topological polar surface area (TPSA) is 50.2 Å². The van der Waals surface area contributed by atoms with E-state index < -0.39 is 11.9 Å². The van der Waals surface area contributed by atoms with Crippen LogP contribution in [-0.2, 0) is 17.6 Å². The van der Waals surface area contributed by atoms with Crippen LogP contribution in [0.1, 0.15) is 10.6 Å². The van der Waals surface area contributed by atoms with Crippen LogP contribution in [0.15, 0.2) is 35.8 Å².